The third-order valence-corrected chi connectivity index (χ3v) is 8.64. The van der Waals surface area contributed by atoms with Crippen LogP contribution in [0.15, 0.2) is 29.3 Å². The number of hydrogen-bond acceptors (Lipinski definition) is 7. The molecule has 4 heterocycles. The largest absolute Gasteiger partial charge is 0.420 e. The Bertz CT molecular complexity index is 1180. The van der Waals surface area contributed by atoms with E-state index < -0.39 is 11.7 Å². The standard InChI is InChI=1S/C27H33F3N6O.H2/c1-32-11-16-6-15(2-4-23(16)31)24-10-22(27(28,29)30)26(35-34-24)33-20-7-17-12-36(13-18(17)8-20)14-19-9-21-3-5-25(19)37-21;/h2,4,6,10-11,17-21,25H,3,5,7-9,12-14,31H2,1H3,(H,33,35);1H/t17-,18+,19-,20?,21?,25?;/m0./s1. The molecule has 0 amide bonds. The van der Waals surface area contributed by atoms with Crippen LogP contribution in [0.5, 0.6) is 0 Å². The Hall–Kier alpha value is -2.72. The van der Waals surface area contributed by atoms with Gasteiger partial charge in [0.15, 0.2) is 5.82 Å². The van der Waals surface area contributed by atoms with Gasteiger partial charge in [-0.05, 0) is 62.1 Å². The van der Waals surface area contributed by atoms with Gasteiger partial charge in [0, 0.05) is 63.1 Å². The van der Waals surface area contributed by atoms with Crippen LogP contribution in [0.25, 0.3) is 11.3 Å². The minimum atomic E-state index is -4.55. The Kier molecular flexibility index (Phi) is 6.35. The molecule has 6 atom stereocenters. The molecule has 3 aliphatic heterocycles. The molecule has 200 valence electrons. The van der Waals surface area contributed by atoms with Crippen molar-refractivity contribution in [1.82, 2.24) is 15.1 Å². The molecule has 3 N–H and O–H groups in total. The highest BCUT2D eigenvalue weighted by Gasteiger charge is 2.46. The van der Waals surface area contributed by atoms with E-state index in [0.29, 0.717) is 46.8 Å². The summed E-state index contributed by atoms with van der Waals surface area (Å²) in [6.45, 7) is 3.14. The molecule has 3 unspecified atom stereocenters. The van der Waals surface area contributed by atoms with Gasteiger partial charge in [0.25, 0.3) is 0 Å². The first-order valence-electron chi connectivity index (χ1n) is 13.2. The van der Waals surface area contributed by atoms with E-state index in [1.807, 2.05) is 0 Å². The molecular weight excluding hydrogens is 481 g/mol. The summed E-state index contributed by atoms with van der Waals surface area (Å²) in [5, 5.41) is 11.3. The molecule has 4 aliphatic rings. The van der Waals surface area contributed by atoms with Gasteiger partial charge in [-0.1, -0.05) is 6.07 Å². The van der Waals surface area contributed by atoms with E-state index >= 15 is 0 Å². The molecule has 0 radical (unpaired) electrons. The van der Waals surface area contributed by atoms with Crippen molar-refractivity contribution >= 4 is 17.7 Å². The Labute approximate surface area is 216 Å². The van der Waals surface area contributed by atoms with Gasteiger partial charge in [-0.25, -0.2) is 0 Å². The maximum atomic E-state index is 14.1. The van der Waals surface area contributed by atoms with Crippen LogP contribution in [-0.2, 0) is 10.9 Å². The van der Waals surface area contributed by atoms with Crippen molar-refractivity contribution in [1.29, 1.82) is 0 Å². The van der Waals surface area contributed by atoms with Crippen molar-refractivity contribution in [2.75, 3.05) is 37.7 Å². The van der Waals surface area contributed by atoms with Crippen molar-refractivity contribution in [3.05, 3.63) is 35.4 Å². The van der Waals surface area contributed by atoms with Crippen LogP contribution >= 0.6 is 0 Å². The number of anilines is 2. The van der Waals surface area contributed by atoms with Crippen LogP contribution in [0.3, 0.4) is 0 Å². The average molecular weight is 517 g/mol. The fraction of sp³-hybridized carbons (Fsp3) is 0.593. The number of fused-ring (bicyclic) bond motifs is 3. The topological polar surface area (TPSA) is 88.7 Å². The van der Waals surface area contributed by atoms with Gasteiger partial charge in [-0.2, -0.15) is 13.2 Å². The van der Waals surface area contributed by atoms with E-state index in [0.717, 1.165) is 38.5 Å². The highest BCUT2D eigenvalue weighted by atomic mass is 19.4. The van der Waals surface area contributed by atoms with Gasteiger partial charge in [-0.3, -0.25) is 4.99 Å². The normalized spacial score (nSPS) is 31.5. The number of ether oxygens (including phenoxy) is 1. The number of aliphatic imine (C=N–C) groups is 1. The molecule has 10 heteroatoms. The SMILES string of the molecule is CN=Cc1cc(-c2cc(C(F)(F)F)c(NC3C[C@@H]4CN(C[C@@H]5CC6CCC5O6)C[C@@H]4C3)nn2)ccc1N.[HH]. The van der Waals surface area contributed by atoms with E-state index in [2.05, 4.69) is 25.4 Å². The zero-order valence-corrected chi connectivity index (χ0v) is 20.9. The van der Waals surface area contributed by atoms with Crippen molar-refractivity contribution in [3.63, 3.8) is 0 Å². The molecule has 6 rings (SSSR count). The first-order chi connectivity index (χ1) is 17.8. The van der Waals surface area contributed by atoms with Crippen molar-refractivity contribution in [2.45, 2.75) is 56.5 Å². The predicted molar refractivity (Wildman–Crippen MR) is 139 cm³/mol. The lowest BCUT2D eigenvalue weighted by Gasteiger charge is -2.26. The third-order valence-electron chi connectivity index (χ3n) is 8.64. The lowest BCUT2D eigenvalue weighted by Crippen LogP contribution is -2.34. The van der Waals surface area contributed by atoms with Crippen LogP contribution in [0, 0.1) is 17.8 Å². The van der Waals surface area contributed by atoms with E-state index in [9.17, 15) is 13.2 Å². The van der Waals surface area contributed by atoms with Crippen molar-refractivity contribution in [3.8, 4) is 11.3 Å². The molecule has 1 aromatic carbocycles. The second-order valence-electron chi connectivity index (χ2n) is 11.1. The van der Waals surface area contributed by atoms with E-state index in [4.69, 9.17) is 10.5 Å². The van der Waals surface area contributed by atoms with Crippen LogP contribution < -0.4 is 11.1 Å². The summed E-state index contributed by atoms with van der Waals surface area (Å²) >= 11 is 0. The second-order valence-corrected chi connectivity index (χ2v) is 11.1. The Morgan fingerprint density at radius 2 is 1.95 bits per heavy atom. The molecule has 0 spiro atoms. The molecule has 1 aliphatic carbocycles. The third kappa shape index (κ3) is 4.93. The summed E-state index contributed by atoms with van der Waals surface area (Å²) in [4.78, 5) is 6.51. The van der Waals surface area contributed by atoms with Gasteiger partial charge in [0.05, 0.1) is 17.9 Å². The van der Waals surface area contributed by atoms with Gasteiger partial charge in [0.2, 0.25) is 0 Å². The quantitative estimate of drug-likeness (QED) is 0.426. The summed E-state index contributed by atoms with van der Waals surface area (Å²) in [5.74, 6) is 1.46. The molecule has 3 saturated heterocycles. The number of likely N-dealkylation sites (tertiary alicyclic amines) is 1. The molecule has 37 heavy (non-hydrogen) atoms. The van der Waals surface area contributed by atoms with Crippen LogP contribution in [0.1, 0.15) is 44.7 Å². The molecule has 7 nitrogen and oxygen atoms in total. The van der Waals surface area contributed by atoms with E-state index in [-0.39, 0.29) is 19.0 Å². The van der Waals surface area contributed by atoms with Crippen LogP contribution in [-0.4, -0.2) is 66.2 Å². The average Bonchev–Trinajstić information content (AvgIpc) is 3.62. The summed E-state index contributed by atoms with van der Waals surface area (Å²) < 4.78 is 48.2. The first-order valence-corrected chi connectivity index (χ1v) is 13.2. The Morgan fingerprint density at radius 1 is 1.16 bits per heavy atom. The predicted octanol–water partition coefficient (Wildman–Crippen LogP) is 4.73. The Balaban J connectivity index is 0.00000294. The van der Waals surface area contributed by atoms with Gasteiger partial charge >= 0.3 is 6.18 Å². The fourth-order valence-electron chi connectivity index (χ4n) is 6.96. The number of halogens is 3. The molecule has 4 fully saturated rings. The zero-order chi connectivity index (χ0) is 25.7. The van der Waals surface area contributed by atoms with Crippen LogP contribution in [0.2, 0.25) is 0 Å². The molecule has 2 aromatic rings. The summed E-state index contributed by atoms with van der Waals surface area (Å²) in [5.41, 5.74) is 6.91. The number of nitrogens with two attached hydrogens (primary N) is 1. The summed E-state index contributed by atoms with van der Waals surface area (Å²) in [7, 11) is 1.61. The van der Waals surface area contributed by atoms with E-state index in [1.54, 1.807) is 31.5 Å². The monoisotopic (exact) mass is 516 g/mol. The van der Waals surface area contributed by atoms with Gasteiger partial charge in [0.1, 0.15) is 5.56 Å². The second kappa shape index (κ2) is 9.54. The lowest BCUT2D eigenvalue weighted by molar-refractivity contribution is -0.137. The maximum absolute atomic E-state index is 14.1. The number of nitrogens with one attached hydrogen (secondary N) is 1. The number of benzene rings is 1. The maximum Gasteiger partial charge on any atom is 0.420 e. The van der Waals surface area contributed by atoms with Crippen molar-refractivity contribution in [2.24, 2.45) is 22.7 Å². The minimum Gasteiger partial charge on any atom is -0.398 e. The lowest BCUT2D eigenvalue weighted by atomic mass is 9.89. The molecule has 2 bridgehead atoms. The number of nitrogen functional groups attached to an aromatic ring is 1. The highest BCUT2D eigenvalue weighted by molar-refractivity contribution is 5.89. The minimum absolute atomic E-state index is 0. The van der Waals surface area contributed by atoms with Crippen molar-refractivity contribution < 1.29 is 19.3 Å². The van der Waals surface area contributed by atoms with Gasteiger partial charge in [-0.15, -0.1) is 10.2 Å². The molecular formula is C27H35F3N6O. The number of aromatic nitrogens is 2. The first kappa shape index (κ1) is 24.6. The Morgan fingerprint density at radius 3 is 2.59 bits per heavy atom. The highest BCUT2D eigenvalue weighted by Crippen LogP contribution is 2.44. The van der Waals surface area contributed by atoms with Crippen LogP contribution in [0.4, 0.5) is 24.7 Å². The van der Waals surface area contributed by atoms with E-state index in [1.165, 1.54) is 19.3 Å². The number of hydrogen-bond donors (Lipinski definition) is 2. The summed E-state index contributed by atoms with van der Waals surface area (Å²) in [6.07, 6.45) is 3.20. The fourth-order valence-corrected chi connectivity index (χ4v) is 6.96. The molecule has 1 saturated carbocycles. The summed E-state index contributed by atoms with van der Waals surface area (Å²) in [6, 6.07) is 5.99. The zero-order valence-electron chi connectivity index (χ0n) is 20.9. The number of rotatable bonds is 6. The molecule has 1 aromatic heterocycles. The number of alkyl halides is 3. The smallest absolute Gasteiger partial charge is 0.398 e. The number of nitrogens with zero attached hydrogens (tertiary/aromatic N) is 4. The van der Waals surface area contributed by atoms with Gasteiger partial charge < -0.3 is 20.7 Å².